The second-order valence-electron chi connectivity index (χ2n) is 5.95. The molecule has 0 aliphatic carbocycles. The van der Waals surface area contributed by atoms with E-state index < -0.39 is 10.0 Å². The van der Waals surface area contributed by atoms with Gasteiger partial charge >= 0.3 is 0 Å². The second kappa shape index (κ2) is 7.35. The first kappa shape index (κ1) is 18.1. The highest BCUT2D eigenvalue weighted by molar-refractivity contribution is 7.89. The predicted molar refractivity (Wildman–Crippen MR) is 83.6 cm³/mol. The van der Waals surface area contributed by atoms with Crippen LogP contribution in [0.2, 0.25) is 0 Å². The number of likely N-dealkylation sites (N-methyl/N-ethyl adjacent to an activating group) is 1. The summed E-state index contributed by atoms with van der Waals surface area (Å²) in [4.78, 5) is 1.93. The summed E-state index contributed by atoms with van der Waals surface area (Å²) in [6.07, 6.45) is 0. The maximum Gasteiger partial charge on any atom is 0.260 e. The first-order valence-electron chi connectivity index (χ1n) is 7.07. The maximum atomic E-state index is 12.5. The van der Waals surface area contributed by atoms with Gasteiger partial charge in [-0.1, -0.05) is 13.8 Å². The van der Waals surface area contributed by atoms with E-state index in [1.54, 1.807) is 0 Å². The number of aromatic amines is 1. The Labute approximate surface area is 127 Å². The molecule has 1 atom stereocenters. The van der Waals surface area contributed by atoms with E-state index in [9.17, 15) is 8.42 Å². The smallest absolute Gasteiger partial charge is 0.260 e. The Morgan fingerprint density at radius 2 is 1.90 bits per heavy atom. The molecular formula is C13H27N5O2S. The summed E-state index contributed by atoms with van der Waals surface area (Å²) in [5, 5.41) is 10.0. The van der Waals surface area contributed by atoms with Crippen molar-refractivity contribution in [3.8, 4) is 0 Å². The third-order valence-corrected chi connectivity index (χ3v) is 4.53. The number of aromatic nitrogens is 2. The summed E-state index contributed by atoms with van der Waals surface area (Å²) in [6.45, 7) is 8.79. The Kier molecular flexibility index (Phi) is 6.33. The second-order valence-corrected chi connectivity index (χ2v) is 7.58. The zero-order valence-corrected chi connectivity index (χ0v) is 14.5. The van der Waals surface area contributed by atoms with Gasteiger partial charge in [0.15, 0.2) is 5.03 Å². The van der Waals surface area contributed by atoms with Gasteiger partial charge in [-0.15, -0.1) is 0 Å². The molecule has 3 N–H and O–H groups in total. The number of rotatable bonds is 8. The summed E-state index contributed by atoms with van der Waals surface area (Å²) in [5.41, 5.74) is 1.46. The monoisotopic (exact) mass is 317 g/mol. The van der Waals surface area contributed by atoms with Crippen molar-refractivity contribution in [2.75, 3.05) is 20.6 Å². The van der Waals surface area contributed by atoms with Gasteiger partial charge in [0, 0.05) is 36.4 Å². The molecule has 1 aromatic rings. The fraction of sp³-hybridized carbons (Fsp3) is 0.769. The summed E-state index contributed by atoms with van der Waals surface area (Å²) in [6, 6.07) is 0.0865. The standard InChI is InChI=1S/C13H27N5O2S/c1-9(2)14-7-12-11(4)15-16-13(12)21(19,20)17-10(3)8-18(5)6/h9-10,14,17H,7-8H2,1-6H3,(H,15,16). The van der Waals surface area contributed by atoms with Crippen LogP contribution in [-0.4, -0.2) is 56.2 Å². The molecule has 0 amide bonds. The van der Waals surface area contributed by atoms with Gasteiger partial charge in [-0.05, 0) is 27.9 Å². The van der Waals surface area contributed by atoms with Crippen molar-refractivity contribution >= 4 is 10.0 Å². The Morgan fingerprint density at radius 3 is 2.43 bits per heavy atom. The van der Waals surface area contributed by atoms with Crippen LogP contribution >= 0.6 is 0 Å². The van der Waals surface area contributed by atoms with Crippen molar-refractivity contribution in [3.05, 3.63) is 11.3 Å². The highest BCUT2D eigenvalue weighted by Crippen LogP contribution is 2.16. The van der Waals surface area contributed by atoms with E-state index >= 15 is 0 Å². The van der Waals surface area contributed by atoms with E-state index in [1.807, 2.05) is 46.7 Å². The first-order chi connectivity index (χ1) is 9.63. The Bertz CT molecular complexity index is 551. The molecule has 0 radical (unpaired) electrons. The van der Waals surface area contributed by atoms with Gasteiger partial charge in [-0.25, -0.2) is 13.1 Å². The zero-order valence-electron chi connectivity index (χ0n) is 13.7. The minimum absolute atomic E-state index is 0.0822. The predicted octanol–water partition coefficient (Wildman–Crippen LogP) is 0.445. The molecule has 8 heteroatoms. The lowest BCUT2D eigenvalue weighted by molar-refractivity contribution is 0.370. The summed E-state index contributed by atoms with van der Waals surface area (Å²) < 4.78 is 27.6. The fourth-order valence-electron chi connectivity index (χ4n) is 2.07. The number of nitrogens with one attached hydrogen (secondary N) is 3. The minimum Gasteiger partial charge on any atom is -0.310 e. The van der Waals surface area contributed by atoms with E-state index in [0.717, 1.165) is 5.69 Å². The molecule has 1 unspecified atom stereocenters. The lowest BCUT2D eigenvalue weighted by Crippen LogP contribution is -2.40. The Morgan fingerprint density at radius 1 is 1.29 bits per heavy atom. The van der Waals surface area contributed by atoms with Crippen molar-refractivity contribution in [2.24, 2.45) is 0 Å². The minimum atomic E-state index is -3.62. The molecule has 0 aliphatic rings. The van der Waals surface area contributed by atoms with E-state index in [-0.39, 0.29) is 17.1 Å². The van der Waals surface area contributed by atoms with E-state index in [4.69, 9.17) is 0 Å². The van der Waals surface area contributed by atoms with Gasteiger partial charge in [0.2, 0.25) is 0 Å². The van der Waals surface area contributed by atoms with Crippen LogP contribution in [0.1, 0.15) is 32.0 Å². The van der Waals surface area contributed by atoms with Crippen molar-refractivity contribution < 1.29 is 8.42 Å². The Balaban J connectivity index is 2.93. The summed E-state index contributed by atoms with van der Waals surface area (Å²) in [7, 11) is 0.187. The first-order valence-corrected chi connectivity index (χ1v) is 8.56. The number of H-pyrrole nitrogens is 1. The van der Waals surface area contributed by atoms with E-state index in [1.165, 1.54) is 0 Å². The highest BCUT2D eigenvalue weighted by Gasteiger charge is 2.25. The molecule has 21 heavy (non-hydrogen) atoms. The average molecular weight is 317 g/mol. The number of hydrogen-bond acceptors (Lipinski definition) is 5. The largest absolute Gasteiger partial charge is 0.310 e. The zero-order chi connectivity index (χ0) is 16.2. The van der Waals surface area contributed by atoms with E-state index in [2.05, 4.69) is 20.2 Å². The SMILES string of the molecule is Cc1[nH]nc(S(=O)(=O)NC(C)CN(C)C)c1CNC(C)C. The van der Waals surface area contributed by atoms with Gasteiger partial charge in [-0.3, -0.25) is 5.10 Å². The van der Waals surface area contributed by atoms with Crippen molar-refractivity contribution in [1.82, 2.24) is 25.1 Å². The lowest BCUT2D eigenvalue weighted by atomic mass is 10.2. The molecule has 1 rings (SSSR count). The molecule has 0 aromatic carbocycles. The number of hydrogen-bond donors (Lipinski definition) is 3. The molecule has 0 bridgehead atoms. The van der Waals surface area contributed by atoms with Crippen LogP contribution < -0.4 is 10.0 Å². The van der Waals surface area contributed by atoms with Crippen LogP contribution in [0.25, 0.3) is 0 Å². The van der Waals surface area contributed by atoms with E-state index in [0.29, 0.717) is 18.7 Å². The normalized spacial score (nSPS) is 14.1. The van der Waals surface area contributed by atoms with Crippen molar-refractivity contribution in [2.45, 2.75) is 51.3 Å². The Hall–Kier alpha value is -0.960. The molecule has 7 nitrogen and oxygen atoms in total. The molecular weight excluding hydrogens is 290 g/mol. The van der Waals surface area contributed by atoms with Crippen molar-refractivity contribution in [1.29, 1.82) is 0 Å². The average Bonchev–Trinajstić information content (AvgIpc) is 2.66. The van der Waals surface area contributed by atoms with Crippen LogP contribution in [-0.2, 0) is 16.6 Å². The molecule has 0 saturated carbocycles. The maximum absolute atomic E-state index is 12.5. The lowest BCUT2D eigenvalue weighted by Gasteiger charge is -2.18. The van der Waals surface area contributed by atoms with Crippen molar-refractivity contribution in [3.63, 3.8) is 0 Å². The van der Waals surface area contributed by atoms with Crippen LogP contribution in [0.5, 0.6) is 0 Å². The van der Waals surface area contributed by atoms with Crippen LogP contribution in [0.4, 0.5) is 0 Å². The highest BCUT2D eigenvalue weighted by atomic mass is 32.2. The van der Waals surface area contributed by atoms with Crippen LogP contribution in [0.15, 0.2) is 5.03 Å². The van der Waals surface area contributed by atoms with Gasteiger partial charge in [0.25, 0.3) is 10.0 Å². The number of nitrogens with zero attached hydrogens (tertiary/aromatic N) is 2. The van der Waals surface area contributed by atoms with Gasteiger partial charge < -0.3 is 10.2 Å². The molecule has 0 spiro atoms. The van der Waals surface area contributed by atoms with Gasteiger partial charge in [0.05, 0.1) is 0 Å². The quantitative estimate of drug-likeness (QED) is 0.647. The molecule has 122 valence electrons. The van der Waals surface area contributed by atoms with Crippen LogP contribution in [0, 0.1) is 6.92 Å². The topological polar surface area (TPSA) is 90.1 Å². The summed E-state index contributed by atoms with van der Waals surface area (Å²) in [5.74, 6) is 0. The van der Waals surface area contributed by atoms with Gasteiger partial charge in [0.1, 0.15) is 0 Å². The fourth-order valence-corrected chi connectivity index (χ4v) is 3.50. The molecule has 0 fully saturated rings. The van der Waals surface area contributed by atoms with Gasteiger partial charge in [-0.2, -0.15) is 5.10 Å². The number of sulfonamides is 1. The number of aryl methyl sites for hydroxylation is 1. The molecule has 1 heterocycles. The third-order valence-electron chi connectivity index (χ3n) is 2.97. The summed E-state index contributed by atoms with van der Waals surface area (Å²) >= 11 is 0. The molecule has 1 aromatic heterocycles. The van der Waals surface area contributed by atoms with Crippen LogP contribution in [0.3, 0.4) is 0 Å². The molecule has 0 saturated heterocycles. The molecule has 0 aliphatic heterocycles. The third kappa shape index (κ3) is 5.39.